The Labute approximate surface area is 97.3 Å². The number of carbonyl (C=O) groups excluding carboxylic acids is 1. The molecule has 0 spiro atoms. The predicted octanol–water partition coefficient (Wildman–Crippen LogP) is 2.15. The summed E-state index contributed by atoms with van der Waals surface area (Å²) in [6.45, 7) is 3.31. The molecule has 0 atom stereocenters. The fraction of sp³-hybridized carbons (Fsp3) is 0.364. The Kier molecular flexibility index (Phi) is 4.14. The highest BCUT2D eigenvalue weighted by atomic mass is 19.1. The molecule has 0 bridgehead atoms. The Hall–Kier alpha value is -1.98. The van der Waals surface area contributed by atoms with Crippen molar-refractivity contribution in [2.45, 2.75) is 20.3 Å². The number of esters is 1. The van der Waals surface area contributed by atoms with Crippen LogP contribution in [0.1, 0.15) is 18.1 Å². The van der Waals surface area contributed by atoms with Gasteiger partial charge < -0.3 is 4.74 Å². The van der Waals surface area contributed by atoms with E-state index in [9.17, 15) is 19.3 Å². The molecule has 0 aliphatic rings. The van der Waals surface area contributed by atoms with Crippen LogP contribution in [-0.2, 0) is 16.0 Å². The molecule has 0 unspecified atom stereocenters. The predicted molar refractivity (Wildman–Crippen MR) is 58.1 cm³/mol. The van der Waals surface area contributed by atoms with Crippen LogP contribution >= 0.6 is 0 Å². The molecular formula is C11H12FNO4. The van der Waals surface area contributed by atoms with Gasteiger partial charge in [0, 0.05) is 6.07 Å². The molecule has 1 aromatic carbocycles. The molecule has 0 aromatic heterocycles. The molecule has 0 saturated heterocycles. The largest absolute Gasteiger partial charge is 0.466 e. The number of hydrogen-bond acceptors (Lipinski definition) is 4. The molecular weight excluding hydrogens is 229 g/mol. The van der Waals surface area contributed by atoms with Crippen molar-refractivity contribution < 1.29 is 18.8 Å². The van der Waals surface area contributed by atoms with E-state index in [0.717, 1.165) is 6.07 Å². The van der Waals surface area contributed by atoms with Gasteiger partial charge in [-0.05, 0) is 25.0 Å². The van der Waals surface area contributed by atoms with Crippen LogP contribution in [0.15, 0.2) is 12.1 Å². The molecule has 0 fully saturated rings. The van der Waals surface area contributed by atoms with E-state index in [-0.39, 0.29) is 18.6 Å². The van der Waals surface area contributed by atoms with Crippen LogP contribution in [0.5, 0.6) is 0 Å². The monoisotopic (exact) mass is 241 g/mol. The van der Waals surface area contributed by atoms with Crippen LogP contribution in [0.25, 0.3) is 0 Å². The van der Waals surface area contributed by atoms with E-state index in [2.05, 4.69) is 0 Å². The second-order valence-corrected chi connectivity index (χ2v) is 3.48. The summed E-state index contributed by atoms with van der Waals surface area (Å²) in [6, 6.07) is 2.46. The number of halogens is 1. The Balaban J connectivity index is 3.02. The first-order valence-electron chi connectivity index (χ1n) is 5.04. The molecule has 5 nitrogen and oxygen atoms in total. The minimum Gasteiger partial charge on any atom is -0.466 e. The molecule has 92 valence electrons. The maximum atomic E-state index is 13.4. The molecule has 1 rings (SSSR count). The van der Waals surface area contributed by atoms with Gasteiger partial charge in [0.15, 0.2) is 0 Å². The van der Waals surface area contributed by atoms with Gasteiger partial charge >= 0.3 is 11.7 Å². The van der Waals surface area contributed by atoms with Crippen LogP contribution in [0.3, 0.4) is 0 Å². The SMILES string of the molecule is CCOC(=O)Cc1cc(C)c(F)c([N+](=O)[O-])c1. The third kappa shape index (κ3) is 3.24. The second-order valence-electron chi connectivity index (χ2n) is 3.48. The minimum atomic E-state index is -0.873. The highest BCUT2D eigenvalue weighted by molar-refractivity contribution is 5.73. The maximum Gasteiger partial charge on any atom is 0.310 e. The highest BCUT2D eigenvalue weighted by Gasteiger charge is 2.18. The lowest BCUT2D eigenvalue weighted by Gasteiger charge is -2.04. The van der Waals surface area contributed by atoms with E-state index < -0.39 is 22.4 Å². The summed E-state index contributed by atoms with van der Waals surface area (Å²) in [4.78, 5) is 21.0. The number of carbonyl (C=O) groups is 1. The Bertz CT molecular complexity index is 459. The minimum absolute atomic E-state index is 0.101. The number of aryl methyl sites for hydroxylation is 1. The van der Waals surface area contributed by atoms with Crippen LogP contribution in [-0.4, -0.2) is 17.5 Å². The van der Waals surface area contributed by atoms with Crippen molar-refractivity contribution in [2.75, 3.05) is 6.61 Å². The maximum absolute atomic E-state index is 13.4. The van der Waals surface area contributed by atoms with Crippen molar-refractivity contribution in [1.82, 2.24) is 0 Å². The van der Waals surface area contributed by atoms with Gasteiger partial charge in [-0.3, -0.25) is 14.9 Å². The van der Waals surface area contributed by atoms with E-state index in [1.54, 1.807) is 6.92 Å². The summed E-state index contributed by atoms with van der Waals surface area (Å²) in [6.07, 6.45) is -0.101. The zero-order valence-electron chi connectivity index (χ0n) is 9.53. The van der Waals surface area contributed by atoms with Gasteiger partial charge in [-0.15, -0.1) is 0 Å². The lowest BCUT2D eigenvalue weighted by Crippen LogP contribution is -2.08. The molecule has 17 heavy (non-hydrogen) atoms. The summed E-state index contributed by atoms with van der Waals surface area (Å²) in [5, 5.41) is 10.6. The van der Waals surface area contributed by atoms with Crippen molar-refractivity contribution in [3.05, 3.63) is 39.2 Å². The van der Waals surface area contributed by atoms with Crippen LogP contribution < -0.4 is 0 Å². The van der Waals surface area contributed by atoms with E-state index in [4.69, 9.17) is 4.74 Å². The first-order valence-corrected chi connectivity index (χ1v) is 5.04. The number of nitro benzene ring substituents is 1. The summed E-state index contributed by atoms with van der Waals surface area (Å²) < 4.78 is 18.1. The standard InChI is InChI=1S/C11H12FNO4/c1-3-17-10(14)6-8-4-7(2)11(12)9(5-8)13(15)16/h4-5H,3,6H2,1-2H3. The molecule has 1 aromatic rings. The quantitative estimate of drug-likeness (QED) is 0.460. The van der Waals surface area contributed by atoms with Gasteiger partial charge in [-0.2, -0.15) is 4.39 Å². The summed E-state index contributed by atoms with van der Waals surface area (Å²) in [7, 11) is 0. The molecule has 0 heterocycles. The van der Waals surface area contributed by atoms with E-state index in [1.165, 1.54) is 13.0 Å². The summed E-state index contributed by atoms with van der Waals surface area (Å²) in [5.74, 6) is -1.37. The molecule has 6 heteroatoms. The molecule has 0 aliphatic carbocycles. The van der Waals surface area contributed by atoms with Gasteiger partial charge in [-0.1, -0.05) is 6.07 Å². The van der Waals surface area contributed by atoms with E-state index >= 15 is 0 Å². The molecule has 0 radical (unpaired) electrons. The van der Waals surface area contributed by atoms with Crippen molar-refractivity contribution in [2.24, 2.45) is 0 Å². The Morgan fingerprint density at radius 1 is 1.53 bits per heavy atom. The van der Waals surface area contributed by atoms with Gasteiger partial charge in [-0.25, -0.2) is 0 Å². The van der Waals surface area contributed by atoms with Gasteiger partial charge in [0.2, 0.25) is 5.82 Å². The Morgan fingerprint density at radius 3 is 2.71 bits per heavy atom. The van der Waals surface area contributed by atoms with Gasteiger partial charge in [0.1, 0.15) is 0 Å². The number of nitro groups is 1. The molecule has 0 N–H and O–H groups in total. The van der Waals surface area contributed by atoms with Gasteiger partial charge in [0.05, 0.1) is 18.0 Å². The van der Waals surface area contributed by atoms with Crippen LogP contribution in [0, 0.1) is 22.9 Å². The topological polar surface area (TPSA) is 69.4 Å². The average molecular weight is 241 g/mol. The third-order valence-electron chi connectivity index (χ3n) is 2.15. The Morgan fingerprint density at radius 2 is 2.18 bits per heavy atom. The van der Waals surface area contributed by atoms with Crippen molar-refractivity contribution >= 4 is 11.7 Å². The number of rotatable bonds is 4. The normalized spacial score (nSPS) is 10.1. The van der Waals surface area contributed by atoms with E-state index in [0.29, 0.717) is 5.56 Å². The molecule has 0 amide bonds. The first kappa shape index (κ1) is 13.1. The number of hydrogen-bond donors (Lipinski definition) is 0. The van der Waals surface area contributed by atoms with Crippen LogP contribution in [0.2, 0.25) is 0 Å². The van der Waals surface area contributed by atoms with Crippen molar-refractivity contribution in [3.8, 4) is 0 Å². The lowest BCUT2D eigenvalue weighted by atomic mass is 10.1. The molecule has 0 aliphatic heterocycles. The first-order chi connectivity index (χ1) is 7.95. The second kappa shape index (κ2) is 5.38. The number of benzene rings is 1. The summed E-state index contributed by atoms with van der Waals surface area (Å²) in [5.41, 5.74) is -0.114. The lowest BCUT2D eigenvalue weighted by molar-refractivity contribution is -0.387. The van der Waals surface area contributed by atoms with E-state index in [1.807, 2.05) is 0 Å². The zero-order chi connectivity index (χ0) is 13.0. The van der Waals surface area contributed by atoms with Gasteiger partial charge in [0.25, 0.3) is 0 Å². The number of nitrogens with zero attached hydrogens (tertiary/aromatic N) is 1. The van der Waals surface area contributed by atoms with Crippen LogP contribution in [0.4, 0.5) is 10.1 Å². The van der Waals surface area contributed by atoms with Crippen molar-refractivity contribution in [3.63, 3.8) is 0 Å². The zero-order valence-corrected chi connectivity index (χ0v) is 9.53. The average Bonchev–Trinajstić information content (AvgIpc) is 2.23. The highest BCUT2D eigenvalue weighted by Crippen LogP contribution is 2.22. The summed E-state index contributed by atoms with van der Waals surface area (Å²) >= 11 is 0. The fourth-order valence-electron chi connectivity index (χ4n) is 1.44. The smallest absolute Gasteiger partial charge is 0.310 e. The molecule has 0 saturated carbocycles. The van der Waals surface area contributed by atoms with Crippen molar-refractivity contribution in [1.29, 1.82) is 0 Å². The number of ether oxygens (including phenoxy) is 1. The fourth-order valence-corrected chi connectivity index (χ4v) is 1.44. The third-order valence-corrected chi connectivity index (χ3v) is 2.15.